The van der Waals surface area contributed by atoms with Gasteiger partial charge in [-0.15, -0.1) is 0 Å². The van der Waals surface area contributed by atoms with Gasteiger partial charge in [0.25, 0.3) is 0 Å². The Labute approximate surface area is 305 Å². The summed E-state index contributed by atoms with van der Waals surface area (Å²) < 4.78 is 13.4. The van der Waals surface area contributed by atoms with E-state index < -0.39 is 0 Å². The summed E-state index contributed by atoms with van der Waals surface area (Å²) in [6.45, 7) is 0. The van der Waals surface area contributed by atoms with Gasteiger partial charge in [-0.3, -0.25) is 0 Å². The van der Waals surface area contributed by atoms with Crippen molar-refractivity contribution in [1.82, 2.24) is 0 Å². The summed E-state index contributed by atoms with van der Waals surface area (Å²) in [7, 11) is 0. The Bertz CT molecular complexity index is 3170. The van der Waals surface area contributed by atoms with Gasteiger partial charge in [0.1, 0.15) is 16.7 Å². The maximum atomic E-state index is 6.73. The molecule has 0 aliphatic heterocycles. The number of para-hydroxylation sites is 3. The van der Waals surface area contributed by atoms with E-state index in [9.17, 15) is 0 Å². The van der Waals surface area contributed by atoms with Crippen molar-refractivity contribution in [2.75, 3.05) is 4.90 Å². The smallest absolute Gasteiger partial charge is 0.159 e. The number of rotatable bonds is 5. The van der Waals surface area contributed by atoms with Crippen LogP contribution in [-0.2, 0) is 0 Å². The Morgan fingerprint density at radius 1 is 0.340 bits per heavy atom. The highest BCUT2D eigenvalue weighted by Gasteiger charge is 2.25. The SMILES string of the molecule is c1ccc(-c2ccc(N(c3ccc(-c4ccc5ccc6ccccc6c5c4)cc3)c3cccc4c3oc3ccccc34)c3c2oc2ccccc23)cc1. The van der Waals surface area contributed by atoms with Crippen LogP contribution < -0.4 is 4.90 Å². The number of nitrogens with zero attached hydrogens (tertiary/aromatic N) is 1. The molecule has 2 aromatic heterocycles. The van der Waals surface area contributed by atoms with Crippen molar-refractivity contribution in [1.29, 1.82) is 0 Å². The Hall–Kier alpha value is -7.10. The average Bonchev–Trinajstić information content (AvgIpc) is 3.81. The molecule has 0 saturated heterocycles. The van der Waals surface area contributed by atoms with Gasteiger partial charge in [-0.05, 0) is 86.8 Å². The molecule has 0 radical (unpaired) electrons. The topological polar surface area (TPSA) is 29.5 Å². The lowest BCUT2D eigenvalue weighted by Crippen LogP contribution is -2.10. The monoisotopic (exact) mass is 677 g/mol. The van der Waals surface area contributed by atoms with Gasteiger partial charge >= 0.3 is 0 Å². The molecule has 53 heavy (non-hydrogen) atoms. The third-order valence-electron chi connectivity index (χ3n) is 10.7. The van der Waals surface area contributed by atoms with Gasteiger partial charge in [0, 0.05) is 27.4 Å². The van der Waals surface area contributed by atoms with E-state index in [-0.39, 0.29) is 0 Å². The summed E-state index contributed by atoms with van der Waals surface area (Å²) in [5.41, 5.74) is 10.9. The van der Waals surface area contributed by atoms with Gasteiger partial charge < -0.3 is 13.7 Å². The minimum atomic E-state index is 0.840. The molecule has 0 saturated carbocycles. The molecule has 0 spiro atoms. The van der Waals surface area contributed by atoms with Crippen LogP contribution >= 0.6 is 0 Å². The molecule has 248 valence electrons. The quantitative estimate of drug-likeness (QED) is 0.170. The zero-order chi connectivity index (χ0) is 34.9. The van der Waals surface area contributed by atoms with E-state index in [1.54, 1.807) is 0 Å². The van der Waals surface area contributed by atoms with E-state index in [0.717, 1.165) is 77.6 Å². The second kappa shape index (κ2) is 11.7. The molecule has 0 bridgehead atoms. The third-order valence-corrected chi connectivity index (χ3v) is 10.7. The van der Waals surface area contributed by atoms with Crippen molar-refractivity contribution in [2.24, 2.45) is 0 Å². The number of benzene rings is 9. The molecular formula is C50H31NO2. The van der Waals surface area contributed by atoms with Crippen molar-refractivity contribution in [3.8, 4) is 22.3 Å². The van der Waals surface area contributed by atoms with Crippen LogP contribution in [0, 0.1) is 0 Å². The van der Waals surface area contributed by atoms with Crippen molar-refractivity contribution in [3.05, 3.63) is 188 Å². The zero-order valence-electron chi connectivity index (χ0n) is 28.7. The Kier molecular flexibility index (Phi) is 6.55. The fraction of sp³-hybridized carbons (Fsp3) is 0. The van der Waals surface area contributed by atoms with E-state index in [0.29, 0.717) is 0 Å². The van der Waals surface area contributed by atoms with E-state index in [1.807, 2.05) is 24.3 Å². The van der Waals surface area contributed by atoms with Crippen LogP contribution in [0.25, 0.3) is 87.7 Å². The molecule has 0 aliphatic rings. The summed E-state index contributed by atoms with van der Waals surface area (Å²) >= 11 is 0. The molecular weight excluding hydrogens is 647 g/mol. The Morgan fingerprint density at radius 3 is 1.79 bits per heavy atom. The normalized spacial score (nSPS) is 11.8. The van der Waals surface area contributed by atoms with Crippen LogP contribution in [0.4, 0.5) is 17.1 Å². The largest absolute Gasteiger partial charge is 0.455 e. The second-order valence-electron chi connectivity index (χ2n) is 13.7. The summed E-state index contributed by atoms with van der Waals surface area (Å²) in [5.74, 6) is 0. The molecule has 11 aromatic rings. The molecule has 0 fully saturated rings. The van der Waals surface area contributed by atoms with Gasteiger partial charge in [-0.2, -0.15) is 0 Å². The first kappa shape index (κ1) is 29.6. The highest BCUT2D eigenvalue weighted by molar-refractivity contribution is 6.19. The van der Waals surface area contributed by atoms with Crippen LogP contribution in [0.3, 0.4) is 0 Å². The van der Waals surface area contributed by atoms with Crippen LogP contribution in [0.1, 0.15) is 0 Å². The first-order valence-corrected chi connectivity index (χ1v) is 18.0. The van der Waals surface area contributed by atoms with Crippen LogP contribution in [-0.4, -0.2) is 0 Å². The number of anilines is 3. The lowest BCUT2D eigenvalue weighted by atomic mass is 9.97. The molecule has 3 heteroatoms. The van der Waals surface area contributed by atoms with Crippen LogP contribution in [0.5, 0.6) is 0 Å². The van der Waals surface area contributed by atoms with E-state index in [4.69, 9.17) is 8.83 Å². The molecule has 0 N–H and O–H groups in total. The average molecular weight is 678 g/mol. The lowest BCUT2D eigenvalue weighted by molar-refractivity contribution is 0.668. The number of fused-ring (bicyclic) bond motifs is 9. The number of hydrogen-bond acceptors (Lipinski definition) is 3. The fourth-order valence-corrected chi connectivity index (χ4v) is 8.14. The maximum absolute atomic E-state index is 6.73. The lowest BCUT2D eigenvalue weighted by Gasteiger charge is -2.27. The molecule has 9 aromatic carbocycles. The molecule has 0 atom stereocenters. The molecule has 0 aliphatic carbocycles. The number of hydrogen-bond donors (Lipinski definition) is 0. The zero-order valence-corrected chi connectivity index (χ0v) is 28.7. The summed E-state index contributed by atoms with van der Waals surface area (Å²) in [5, 5.41) is 9.32. The highest BCUT2D eigenvalue weighted by Crippen LogP contribution is 2.48. The summed E-state index contributed by atoms with van der Waals surface area (Å²) in [4.78, 5) is 2.33. The van der Waals surface area contributed by atoms with Crippen LogP contribution in [0.2, 0.25) is 0 Å². The first-order valence-electron chi connectivity index (χ1n) is 18.0. The minimum Gasteiger partial charge on any atom is -0.455 e. The van der Waals surface area contributed by atoms with E-state index >= 15 is 0 Å². The number of furan rings is 2. The Balaban J connectivity index is 1.15. The van der Waals surface area contributed by atoms with Crippen molar-refractivity contribution in [2.45, 2.75) is 0 Å². The third kappa shape index (κ3) is 4.68. The highest BCUT2D eigenvalue weighted by atomic mass is 16.3. The van der Waals surface area contributed by atoms with Crippen molar-refractivity contribution >= 4 is 82.5 Å². The van der Waals surface area contributed by atoms with E-state index in [2.05, 4.69) is 169 Å². The van der Waals surface area contributed by atoms with Gasteiger partial charge in [-0.1, -0.05) is 140 Å². The molecule has 3 nitrogen and oxygen atoms in total. The van der Waals surface area contributed by atoms with Crippen molar-refractivity contribution < 1.29 is 8.83 Å². The predicted molar refractivity (Wildman–Crippen MR) is 222 cm³/mol. The summed E-state index contributed by atoms with van der Waals surface area (Å²) in [6.07, 6.45) is 0. The van der Waals surface area contributed by atoms with Gasteiger partial charge in [0.2, 0.25) is 0 Å². The van der Waals surface area contributed by atoms with Gasteiger partial charge in [0.15, 0.2) is 5.58 Å². The van der Waals surface area contributed by atoms with Gasteiger partial charge in [-0.25, -0.2) is 0 Å². The summed E-state index contributed by atoms with van der Waals surface area (Å²) in [6, 6.07) is 66.7. The maximum Gasteiger partial charge on any atom is 0.159 e. The second-order valence-corrected chi connectivity index (χ2v) is 13.7. The fourth-order valence-electron chi connectivity index (χ4n) is 8.14. The Morgan fingerprint density at radius 2 is 0.962 bits per heavy atom. The predicted octanol–water partition coefficient (Wildman–Crippen LogP) is 14.6. The molecule has 0 unspecified atom stereocenters. The van der Waals surface area contributed by atoms with E-state index in [1.165, 1.54) is 27.1 Å². The van der Waals surface area contributed by atoms with Gasteiger partial charge in [0.05, 0.1) is 16.8 Å². The molecule has 2 heterocycles. The minimum absolute atomic E-state index is 0.840. The standard InChI is InChI=1S/C50H31NO2/c1-2-11-33(12-3-1)39-29-30-44(48-42-16-7-9-20-47(42)53-50(39)48)51(45-18-10-17-41-40-15-6-8-19-46(40)52-49(41)45)37-27-25-32(26-28-37)36-24-23-35-22-21-34-13-4-5-14-38(34)43(35)31-36/h1-31H. The van der Waals surface area contributed by atoms with Crippen molar-refractivity contribution in [3.63, 3.8) is 0 Å². The molecule has 11 rings (SSSR count). The first-order chi connectivity index (χ1) is 26.3. The molecule has 0 amide bonds. The van der Waals surface area contributed by atoms with Crippen LogP contribution in [0.15, 0.2) is 197 Å².